The van der Waals surface area contributed by atoms with Crippen LogP contribution in [0.5, 0.6) is 0 Å². The summed E-state index contributed by atoms with van der Waals surface area (Å²) in [6.45, 7) is 0. The van der Waals surface area contributed by atoms with Gasteiger partial charge in [-0.25, -0.2) is 9.97 Å². The van der Waals surface area contributed by atoms with Crippen molar-refractivity contribution in [2.75, 3.05) is 0 Å². The van der Waals surface area contributed by atoms with Gasteiger partial charge in [-0.3, -0.25) is 9.13 Å². The fraction of sp³-hybridized carbons (Fsp3) is 0. The predicted molar refractivity (Wildman–Crippen MR) is 325 cm³/mol. The number of para-hydroxylation sites is 2. The first-order chi connectivity index (χ1) is 39.7. The topological polar surface area (TPSA) is 87.2 Å². The van der Waals surface area contributed by atoms with Gasteiger partial charge >= 0.3 is 0 Å². The molecule has 15 rings (SSSR count). The van der Waals surface area contributed by atoms with Crippen molar-refractivity contribution in [1.29, 1.82) is 0 Å². The van der Waals surface area contributed by atoms with E-state index in [0.29, 0.717) is 35.2 Å². The molecular weight excluding hydrogens is 977 g/mol. The molecule has 0 saturated heterocycles. The third-order valence-electron chi connectivity index (χ3n) is 15.1. The van der Waals surface area contributed by atoms with Crippen LogP contribution < -0.4 is 0 Å². The number of aromatic nitrogens is 8. The molecule has 0 aliphatic heterocycles. The van der Waals surface area contributed by atoms with Crippen LogP contribution in [0.3, 0.4) is 0 Å². The zero-order valence-corrected chi connectivity index (χ0v) is 43.1. The van der Waals surface area contributed by atoms with Gasteiger partial charge in [0.25, 0.3) is 0 Å². The molecule has 8 nitrogen and oxygen atoms in total. The molecule has 0 bridgehead atoms. The Balaban J connectivity index is 0.934. The minimum absolute atomic E-state index is 0.534. The first kappa shape index (κ1) is 46.4. The summed E-state index contributed by atoms with van der Waals surface area (Å²) in [4.78, 5) is 31.9. The Labute approximate surface area is 461 Å². The van der Waals surface area contributed by atoms with Crippen molar-refractivity contribution in [2.45, 2.75) is 0 Å². The highest BCUT2D eigenvalue weighted by Crippen LogP contribution is 2.46. The number of hydrogen-bond acceptors (Lipinski definition) is 6. The van der Waals surface area contributed by atoms with Gasteiger partial charge in [0.05, 0.1) is 22.1 Å². The average molecular weight is 1020 g/mol. The van der Waals surface area contributed by atoms with E-state index in [4.69, 9.17) is 29.9 Å². The third kappa shape index (κ3) is 7.93. The Morgan fingerprint density at radius 1 is 0.188 bits per heavy atom. The molecule has 0 saturated carbocycles. The maximum absolute atomic E-state index is 5.40. The molecule has 0 unspecified atom stereocenters. The quantitative estimate of drug-likeness (QED) is 0.136. The van der Waals surface area contributed by atoms with Crippen LogP contribution in [0, 0.1) is 0 Å². The lowest BCUT2D eigenvalue weighted by Crippen LogP contribution is -2.07. The number of benzene rings is 11. The second-order valence-corrected chi connectivity index (χ2v) is 19.8. The molecular formula is C72H46N8. The van der Waals surface area contributed by atoms with Crippen LogP contribution in [0.1, 0.15) is 0 Å². The molecule has 4 heterocycles. The van der Waals surface area contributed by atoms with Gasteiger partial charge in [0.1, 0.15) is 0 Å². The van der Waals surface area contributed by atoms with Crippen LogP contribution >= 0.6 is 0 Å². The number of hydrogen-bond donors (Lipinski definition) is 0. The highest BCUT2D eigenvalue weighted by molar-refractivity contribution is 6.20. The van der Waals surface area contributed by atoms with Crippen LogP contribution in [-0.2, 0) is 0 Å². The molecule has 0 N–H and O–H groups in total. The Morgan fingerprint density at radius 3 is 0.875 bits per heavy atom. The highest BCUT2D eigenvalue weighted by atomic mass is 15.2. The van der Waals surface area contributed by atoms with E-state index in [1.54, 1.807) is 0 Å². The molecule has 0 aliphatic rings. The minimum atomic E-state index is 0.534. The van der Waals surface area contributed by atoms with Crippen molar-refractivity contribution in [2.24, 2.45) is 0 Å². The molecule has 0 spiro atoms. The van der Waals surface area contributed by atoms with E-state index in [1.165, 1.54) is 0 Å². The summed E-state index contributed by atoms with van der Waals surface area (Å²) in [5.74, 6) is 3.44. The van der Waals surface area contributed by atoms with Gasteiger partial charge in [-0.2, -0.15) is 19.9 Å². The molecule has 0 amide bonds. The Morgan fingerprint density at radius 2 is 0.475 bits per heavy atom. The van der Waals surface area contributed by atoms with Gasteiger partial charge in [0.15, 0.2) is 23.3 Å². The molecule has 374 valence electrons. The third-order valence-corrected chi connectivity index (χ3v) is 15.1. The molecule has 0 aliphatic carbocycles. The summed E-state index contributed by atoms with van der Waals surface area (Å²) in [7, 11) is 0. The predicted octanol–water partition coefficient (Wildman–Crippen LogP) is 17.6. The standard InChI is InChI=1S/C72H46N8/c1-5-25-47(26-6-1)51-33-13-17-37-57(51)69-73-67(49-29-9-3-10-30-49)75-71(77-69)79-61-43-21-19-39-59(61)65-55(41-23-45-63(65)79)53-35-15-16-36-54(53)56-42-24-46-64-66(56)60-40-20-22-44-62(60)80(64)72-76-68(50-31-11-4-12-32-50)74-70(78-72)58-38-18-14-34-52(58)48-27-7-2-8-28-48/h1-46H. The summed E-state index contributed by atoms with van der Waals surface area (Å²) in [6.07, 6.45) is 0. The Hall–Kier alpha value is -11.0. The molecule has 0 atom stereocenters. The first-order valence-corrected chi connectivity index (χ1v) is 26.8. The van der Waals surface area contributed by atoms with Crippen molar-refractivity contribution >= 4 is 43.6 Å². The van der Waals surface area contributed by atoms with Crippen LogP contribution in [0.2, 0.25) is 0 Å². The minimum Gasteiger partial charge on any atom is -0.278 e. The Kier molecular flexibility index (Phi) is 11.3. The second kappa shape index (κ2) is 19.6. The summed E-state index contributed by atoms with van der Waals surface area (Å²) in [6, 6.07) is 97.0. The van der Waals surface area contributed by atoms with Crippen LogP contribution in [-0.4, -0.2) is 39.0 Å². The summed E-state index contributed by atoms with van der Waals surface area (Å²) in [5.41, 5.74) is 16.2. The first-order valence-electron chi connectivity index (χ1n) is 26.8. The fourth-order valence-corrected chi connectivity index (χ4v) is 11.6. The van der Waals surface area contributed by atoms with Gasteiger partial charge < -0.3 is 0 Å². The number of rotatable bonds is 10. The SMILES string of the molecule is c1ccc(-c2nc(-c3ccccc3-c3ccccc3)nc(-n3c4ccccc4c4c(-c5ccccc5-c5cccc6c5c5ccccc5n6-c5nc(-c6ccccc6)nc(-c6ccccc6-c6ccccc6)n5)cccc43)n2)cc1. The van der Waals surface area contributed by atoms with Crippen molar-refractivity contribution in [3.63, 3.8) is 0 Å². The van der Waals surface area contributed by atoms with Crippen LogP contribution in [0.4, 0.5) is 0 Å². The van der Waals surface area contributed by atoms with Gasteiger partial charge in [-0.05, 0) is 68.8 Å². The van der Waals surface area contributed by atoms with Gasteiger partial charge in [-0.1, -0.05) is 255 Å². The van der Waals surface area contributed by atoms with Crippen LogP contribution in [0.25, 0.3) is 146 Å². The fourth-order valence-electron chi connectivity index (χ4n) is 11.6. The summed E-state index contributed by atoms with van der Waals surface area (Å²) >= 11 is 0. The van der Waals surface area contributed by atoms with Crippen LogP contribution in [0.15, 0.2) is 279 Å². The summed E-state index contributed by atoms with van der Waals surface area (Å²) < 4.78 is 4.41. The molecule has 8 heteroatoms. The molecule has 15 aromatic rings. The van der Waals surface area contributed by atoms with Gasteiger partial charge in [-0.15, -0.1) is 0 Å². The van der Waals surface area contributed by atoms with Gasteiger partial charge in [0, 0.05) is 43.8 Å². The average Bonchev–Trinajstić information content (AvgIpc) is 4.09. The van der Waals surface area contributed by atoms with E-state index in [0.717, 1.165) is 110 Å². The molecule has 11 aromatic carbocycles. The molecule has 0 radical (unpaired) electrons. The monoisotopic (exact) mass is 1020 g/mol. The van der Waals surface area contributed by atoms with E-state index in [-0.39, 0.29) is 0 Å². The highest BCUT2D eigenvalue weighted by Gasteiger charge is 2.25. The van der Waals surface area contributed by atoms with E-state index in [1.807, 2.05) is 60.7 Å². The summed E-state index contributed by atoms with van der Waals surface area (Å²) in [5, 5.41) is 4.37. The zero-order chi connectivity index (χ0) is 52.9. The van der Waals surface area contributed by atoms with E-state index < -0.39 is 0 Å². The lowest BCUT2D eigenvalue weighted by molar-refractivity contribution is 0.953. The number of nitrogens with zero attached hydrogens (tertiary/aromatic N) is 8. The largest absolute Gasteiger partial charge is 0.278 e. The number of fused-ring (bicyclic) bond motifs is 6. The van der Waals surface area contributed by atoms with Crippen molar-refractivity contribution < 1.29 is 0 Å². The smallest absolute Gasteiger partial charge is 0.238 e. The van der Waals surface area contributed by atoms with Crippen molar-refractivity contribution in [3.8, 4) is 102 Å². The molecule has 4 aromatic heterocycles. The lowest BCUT2D eigenvalue weighted by atomic mass is 9.90. The second-order valence-electron chi connectivity index (χ2n) is 19.8. The maximum atomic E-state index is 5.40. The van der Waals surface area contributed by atoms with Crippen molar-refractivity contribution in [3.05, 3.63) is 279 Å². The Bertz CT molecular complexity index is 4510. The lowest BCUT2D eigenvalue weighted by Gasteiger charge is -2.15. The molecule has 80 heavy (non-hydrogen) atoms. The van der Waals surface area contributed by atoms with E-state index >= 15 is 0 Å². The normalized spacial score (nSPS) is 11.5. The van der Waals surface area contributed by atoms with Crippen molar-refractivity contribution in [1.82, 2.24) is 39.0 Å². The maximum Gasteiger partial charge on any atom is 0.238 e. The van der Waals surface area contributed by atoms with E-state index in [9.17, 15) is 0 Å². The zero-order valence-electron chi connectivity index (χ0n) is 43.1. The van der Waals surface area contributed by atoms with Gasteiger partial charge in [0.2, 0.25) is 11.9 Å². The molecule has 0 fully saturated rings. The van der Waals surface area contributed by atoms with E-state index in [2.05, 4.69) is 228 Å².